The number of fused-ring (bicyclic) bond motifs is 2. The molecule has 0 saturated carbocycles. The van der Waals surface area contributed by atoms with Crippen LogP contribution < -0.4 is 0 Å². The van der Waals surface area contributed by atoms with E-state index in [4.69, 9.17) is 16.0 Å². The lowest BCUT2D eigenvalue weighted by molar-refractivity contribution is -0.179. The molecule has 1 aromatic rings. The van der Waals surface area contributed by atoms with Crippen molar-refractivity contribution in [3.8, 4) is 0 Å². The maximum absolute atomic E-state index is 12.8. The number of carbonyl (C=O) groups is 3. The van der Waals surface area contributed by atoms with Crippen LogP contribution in [0.1, 0.15) is 36.1 Å². The first kappa shape index (κ1) is 16.0. The number of thioether (sulfide) groups is 1. The highest BCUT2D eigenvalue weighted by Gasteiger charge is 2.68. The molecule has 1 aromatic carbocycles. The minimum Gasteiger partial charge on any atom is -0.419 e. The van der Waals surface area contributed by atoms with Crippen LogP contribution >= 0.6 is 11.8 Å². The van der Waals surface area contributed by atoms with Gasteiger partial charge in [-0.25, -0.2) is 16.2 Å². The normalized spacial score (nSPS) is 31.5. The lowest BCUT2D eigenvalue weighted by Crippen LogP contribution is -2.64. The molecule has 8 heteroatoms. The van der Waals surface area contributed by atoms with Gasteiger partial charge in [0.2, 0.25) is 0 Å². The number of cyclic esters (lactones) is 1. The second-order valence-corrected chi connectivity index (χ2v) is 8.37. The minimum absolute atomic E-state index is 0.337. The van der Waals surface area contributed by atoms with Gasteiger partial charge in [-0.3, -0.25) is 9.64 Å². The number of amides is 1. The maximum Gasteiger partial charge on any atom is 0.342 e. The predicted molar refractivity (Wildman–Crippen MR) is 87.2 cm³/mol. The van der Waals surface area contributed by atoms with Crippen molar-refractivity contribution in [2.24, 2.45) is 0 Å². The largest absolute Gasteiger partial charge is 0.419 e. The van der Waals surface area contributed by atoms with E-state index in [0.29, 0.717) is 11.1 Å². The van der Waals surface area contributed by atoms with Gasteiger partial charge in [-0.05, 0) is 19.9 Å². The third-order valence-corrected chi connectivity index (χ3v) is 6.20. The molecular formula is C17H14N2O5S. The number of hydrogen-bond acceptors (Lipinski definition) is 6. The zero-order valence-corrected chi connectivity index (χ0v) is 14.3. The highest BCUT2D eigenvalue weighted by atomic mass is 32.2. The summed E-state index contributed by atoms with van der Waals surface area (Å²) in [5.74, 6) is -1.53. The van der Waals surface area contributed by atoms with Crippen LogP contribution in [0.4, 0.5) is 0 Å². The molecule has 0 radical (unpaired) electrons. The Hall–Kier alpha value is -2.53. The summed E-state index contributed by atoms with van der Waals surface area (Å²) >= 11 is 1.42. The molecule has 0 aliphatic carbocycles. The topological polar surface area (TPSA) is 77.3 Å². The van der Waals surface area contributed by atoms with Crippen LogP contribution in [0.25, 0.3) is 4.85 Å². The summed E-state index contributed by atoms with van der Waals surface area (Å²) in [6.07, 6.45) is -1.11. The molecule has 7 nitrogen and oxygen atoms in total. The first-order valence-electron chi connectivity index (χ1n) is 7.72. The number of ether oxygens (including phenoxy) is 2. The molecule has 25 heavy (non-hydrogen) atoms. The van der Waals surface area contributed by atoms with Crippen molar-refractivity contribution < 1.29 is 23.9 Å². The molecular weight excluding hydrogens is 344 g/mol. The van der Waals surface area contributed by atoms with Gasteiger partial charge in [-0.2, -0.15) is 0 Å². The summed E-state index contributed by atoms with van der Waals surface area (Å²) in [7, 11) is 0. The van der Waals surface area contributed by atoms with Crippen molar-refractivity contribution in [1.29, 1.82) is 0 Å². The first-order valence-corrected chi connectivity index (χ1v) is 8.60. The molecule has 0 spiro atoms. The van der Waals surface area contributed by atoms with E-state index in [1.54, 1.807) is 24.3 Å². The van der Waals surface area contributed by atoms with Gasteiger partial charge < -0.3 is 14.4 Å². The molecule has 3 heterocycles. The number of β-lactam (4-membered cyclic amide) rings is 1. The molecule has 3 aliphatic heterocycles. The van der Waals surface area contributed by atoms with Crippen molar-refractivity contribution in [3.05, 3.63) is 46.8 Å². The van der Waals surface area contributed by atoms with Gasteiger partial charge >= 0.3 is 23.9 Å². The minimum atomic E-state index is -1.11. The Morgan fingerprint density at radius 3 is 2.80 bits per heavy atom. The van der Waals surface area contributed by atoms with Crippen molar-refractivity contribution >= 4 is 29.6 Å². The van der Waals surface area contributed by atoms with Crippen LogP contribution in [-0.4, -0.2) is 45.0 Å². The van der Waals surface area contributed by atoms with Gasteiger partial charge in [-0.1, -0.05) is 18.2 Å². The molecule has 2 fully saturated rings. The van der Waals surface area contributed by atoms with Crippen molar-refractivity contribution in [1.82, 2.24) is 4.90 Å². The van der Waals surface area contributed by atoms with Crippen LogP contribution in [0.2, 0.25) is 0 Å². The van der Waals surface area contributed by atoms with E-state index in [9.17, 15) is 14.4 Å². The first-order chi connectivity index (χ1) is 11.8. The molecule has 0 aromatic heterocycles. The molecule has 1 amide bonds. The summed E-state index contributed by atoms with van der Waals surface area (Å²) in [6, 6.07) is 5.14. The van der Waals surface area contributed by atoms with Gasteiger partial charge in [-0.15, -0.1) is 11.8 Å². The summed E-state index contributed by atoms with van der Waals surface area (Å²) < 4.78 is 9.97. The Balaban J connectivity index is 1.57. The van der Waals surface area contributed by atoms with E-state index in [1.165, 1.54) is 16.7 Å². The van der Waals surface area contributed by atoms with Crippen LogP contribution in [0.15, 0.2) is 24.3 Å². The molecule has 4 rings (SSSR count). The lowest BCUT2D eigenvalue weighted by atomic mass is 9.96. The molecule has 0 N–H and O–H groups in total. The number of benzene rings is 1. The third kappa shape index (κ3) is 2.15. The SMILES string of the molecule is [C-]#[N+][C@@H]1C(=O)N2[C@@H]1SC(C)(C)[C@@H]2C(=O)OC1OC(=O)c2ccccc21. The zero-order valence-electron chi connectivity index (χ0n) is 13.5. The van der Waals surface area contributed by atoms with Crippen LogP contribution in [0.5, 0.6) is 0 Å². The van der Waals surface area contributed by atoms with Gasteiger partial charge in [0.1, 0.15) is 6.04 Å². The molecule has 4 atom stereocenters. The second kappa shape index (κ2) is 5.23. The van der Waals surface area contributed by atoms with E-state index < -0.39 is 35.1 Å². The maximum atomic E-state index is 12.8. The lowest BCUT2D eigenvalue weighted by Gasteiger charge is -2.37. The Morgan fingerprint density at radius 2 is 2.08 bits per heavy atom. The number of nitrogens with zero attached hydrogens (tertiary/aromatic N) is 2. The fourth-order valence-corrected chi connectivity index (χ4v) is 5.07. The zero-order chi connectivity index (χ0) is 17.9. The Kier molecular flexibility index (Phi) is 3.34. The molecule has 2 saturated heterocycles. The van der Waals surface area contributed by atoms with E-state index in [2.05, 4.69) is 4.85 Å². The summed E-state index contributed by atoms with van der Waals surface area (Å²) in [4.78, 5) is 41.5. The summed E-state index contributed by atoms with van der Waals surface area (Å²) in [6.45, 7) is 10.8. The molecule has 3 aliphatic rings. The van der Waals surface area contributed by atoms with Gasteiger partial charge in [0.25, 0.3) is 6.29 Å². The van der Waals surface area contributed by atoms with E-state index in [1.807, 2.05) is 13.8 Å². The highest BCUT2D eigenvalue weighted by molar-refractivity contribution is 8.01. The number of carbonyl (C=O) groups excluding carboxylic acids is 3. The van der Waals surface area contributed by atoms with E-state index >= 15 is 0 Å². The van der Waals surface area contributed by atoms with Crippen LogP contribution in [0, 0.1) is 6.57 Å². The smallest absolute Gasteiger partial charge is 0.342 e. The molecule has 0 bridgehead atoms. The number of hydrogen-bond donors (Lipinski definition) is 0. The Bertz CT molecular complexity index is 846. The van der Waals surface area contributed by atoms with Crippen molar-refractivity contribution in [2.45, 2.75) is 42.3 Å². The van der Waals surface area contributed by atoms with Crippen molar-refractivity contribution in [2.75, 3.05) is 0 Å². The number of rotatable bonds is 2. The third-order valence-electron chi connectivity index (χ3n) is 4.65. The summed E-state index contributed by atoms with van der Waals surface area (Å²) in [5.41, 5.74) is 0.862. The van der Waals surface area contributed by atoms with Crippen molar-refractivity contribution in [3.63, 3.8) is 0 Å². The average Bonchev–Trinajstić information content (AvgIpc) is 3.01. The highest BCUT2D eigenvalue weighted by Crippen LogP contribution is 2.52. The number of esters is 2. The standard InChI is InChI=1S/C17H14N2O5S/c1-17(2)11(19-12(20)10(18-3)13(19)25-17)15(22)24-16-9-7-5-4-6-8(9)14(21)23-16/h4-7,10-11,13,16H,1-2H3/t10-,11+,13-,16?/m1/s1. The Labute approximate surface area is 148 Å². The fraction of sp³-hybridized carbons (Fsp3) is 0.412. The average molecular weight is 358 g/mol. The van der Waals surface area contributed by atoms with Crippen LogP contribution in [-0.2, 0) is 19.1 Å². The monoisotopic (exact) mass is 358 g/mol. The van der Waals surface area contributed by atoms with E-state index in [0.717, 1.165) is 0 Å². The van der Waals surface area contributed by atoms with E-state index in [-0.39, 0.29) is 11.3 Å². The summed E-state index contributed by atoms with van der Waals surface area (Å²) in [5, 5.41) is -0.337. The molecule has 1 unspecified atom stereocenters. The quantitative estimate of drug-likeness (QED) is 0.455. The van der Waals surface area contributed by atoms with Gasteiger partial charge in [0.15, 0.2) is 5.37 Å². The molecule has 128 valence electrons. The van der Waals surface area contributed by atoms with Crippen LogP contribution in [0.3, 0.4) is 0 Å². The fourth-order valence-electron chi connectivity index (χ4n) is 3.46. The van der Waals surface area contributed by atoms with Gasteiger partial charge in [0.05, 0.1) is 5.56 Å². The second-order valence-electron chi connectivity index (χ2n) is 6.60. The Morgan fingerprint density at radius 1 is 1.36 bits per heavy atom. The predicted octanol–water partition coefficient (Wildman–Crippen LogP) is 1.75. The van der Waals surface area contributed by atoms with Gasteiger partial charge in [0, 0.05) is 10.3 Å².